The third-order valence-electron chi connectivity index (χ3n) is 4.23. The molecule has 3 aromatic rings. The highest BCUT2D eigenvalue weighted by Crippen LogP contribution is 2.23. The zero-order valence-electron chi connectivity index (χ0n) is 16.5. The van der Waals surface area contributed by atoms with Gasteiger partial charge in [0.2, 0.25) is 10.9 Å². The molecule has 30 heavy (non-hydrogen) atoms. The van der Waals surface area contributed by atoms with E-state index in [2.05, 4.69) is 10.4 Å². The van der Waals surface area contributed by atoms with Gasteiger partial charge in [-0.25, -0.2) is 23.0 Å². The van der Waals surface area contributed by atoms with Gasteiger partial charge in [0, 0.05) is 0 Å². The third kappa shape index (κ3) is 4.58. The van der Waals surface area contributed by atoms with Crippen LogP contribution >= 0.6 is 0 Å². The molecule has 1 aromatic carbocycles. The normalized spacial score (nSPS) is 11.3. The van der Waals surface area contributed by atoms with Crippen LogP contribution in [0.5, 0.6) is 0 Å². The Labute approximate surface area is 172 Å². The molecule has 0 spiro atoms. The predicted octanol–water partition coefficient (Wildman–Crippen LogP) is 1.83. The van der Waals surface area contributed by atoms with Crippen LogP contribution in [0.2, 0.25) is 0 Å². The molecule has 0 saturated heterocycles. The van der Waals surface area contributed by atoms with Crippen molar-refractivity contribution in [3.63, 3.8) is 0 Å². The average Bonchev–Trinajstić information content (AvgIpc) is 3.28. The second-order valence-corrected chi connectivity index (χ2v) is 8.07. The molecule has 0 saturated carbocycles. The standard InChI is InChI=1S/C19H20N4O6S/c1-11-4-6-14(7-5-11)23-13(3)18(12(2)22-23)21-16(24)10-28-19(25)15-8-9-17(29-15)30(20,26)27/h4-9H,10H2,1-3H3,(H,21,24)(H2,20,26,27). The summed E-state index contributed by atoms with van der Waals surface area (Å²) in [6.45, 7) is 4.94. The molecule has 0 fully saturated rings. The number of sulfonamides is 1. The predicted molar refractivity (Wildman–Crippen MR) is 107 cm³/mol. The van der Waals surface area contributed by atoms with Gasteiger partial charge in [0.25, 0.3) is 15.9 Å². The Bertz CT molecular complexity index is 1210. The number of hydrogen-bond donors (Lipinski definition) is 2. The van der Waals surface area contributed by atoms with E-state index in [1.807, 2.05) is 31.2 Å². The van der Waals surface area contributed by atoms with E-state index in [9.17, 15) is 18.0 Å². The first-order valence-electron chi connectivity index (χ1n) is 8.79. The first kappa shape index (κ1) is 21.3. The molecule has 158 valence electrons. The molecule has 10 nitrogen and oxygen atoms in total. The van der Waals surface area contributed by atoms with Crippen molar-refractivity contribution in [1.82, 2.24) is 9.78 Å². The Morgan fingerprint density at radius 1 is 1.13 bits per heavy atom. The van der Waals surface area contributed by atoms with E-state index in [4.69, 9.17) is 14.3 Å². The van der Waals surface area contributed by atoms with Gasteiger partial charge < -0.3 is 14.5 Å². The molecule has 0 aliphatic rings. The van der Waals surface area contributed by atoms with E-state index in [1.54, 1.807) is 18.5 Å². The minimum atomic E-state index is -4.08. The van der Waals surface area contributed by atoms with Crippen molar-refractivity contribution in [2.75, 3.05) is 11.9 Å². The molecule has 2 aromatic heterocycles. The van der Waals surface area contributed by atoms with Gasteiger partial charge in [-0.3, -0.25) is 4.79 Å². The number of aryl methyl sites for hydroxylation is 2. The Kier molecular flexibility index (Phi) is 5.76. The lowest BCUT2D eigenvalue weighted by atomic mass is 10.2. The zero-order chi connectivity index (χ0) is 22.1. The zero-order valence-corrected chi connectivity index (χ0v) is 17.3. The molecule has 1 amide bonds. The van der Waals surface area contributed by atoms with Crippen LogP contribution in [0.3, 0.4) is 0 Å². The number of nitrogens with two attached hydrogens (primary N) is 1. The van der Waals surface area contributed by atoms with Crippen molar-refractivity contribution in [1.29, 1.82) is 0 Å². The topological polar surface area (TPSA) is 147 Å². The highest BCUT2D eigenvalue weighted by molar-refractivity contribution is 7.89. The number of primary sulfonamides is 1. The van der Waals surface area contributed by atoms with Gasteiger partial charge in [-0.05, 0) is 45.0 Å². The van der Waals surface area contributed by atoms with Crippen LogP contribution in [0, 0.1) is 20.8 Å². The largest absolute Gasteiger partial charge is 0.450 e. The maximum absolute atomic E-state index is 12.2. The number of esters is 1. The van der Waals surface area contributed by atoms with Gasteiger partial charge in [0.15, 0.2) is 6.61 Å². The minimum Gasteiger partial charge on any atom is -0.450 e. The minimum absolute atomic E-state index is 0.383. The lowest BCUT2D eigenvalue weighted by Gasteiger charge is -2.08. The Morgan fingerprint density at radius 2 is 1.80 bits per heavy atom. The van der Waals surface area contributed by atoms with Crippen LogP contribution in [0.25, 0.3) is 5.69 Å². The van der Waals surface area contributed by atoms with E-state index in [0.717, 1.165) is 23.4 Å². The maximum atomic E-state index is 12.2. The average molecular weight is 432 g/mol. The van der Waals surface area contributed by atoms with Gasteiger partial charge in [-0.15, -0.1) is 0 Å². The van der Waals surface area contributed by atoms with E-state index < -0.39 is 33.6 Å². The molecule has 3 rings (SSSR count). The Balaban J connectivity index is 1.66. The Hall–Kier alpha value is -3.44. The van der Waals surface area contributed by atoms with Gasteiger partial charge >= 0.3 is 5.97 Å². The second-order valence-electron chi connectivity index (χ2n) is 6.58. The summed E-state index contributed by atoms with van der Waals surface area (Å²) in [6, 6.07) is 9.87. The summed E-state index contributed by atoms with van der Waals surface area (Å²) in [5, 5.41) is 11.4. The smallest absolute Gasteiger partial charge is 0.374 e. The number of carbonyl (C=O) groups excluding carboxylic acids is 2. The van der Waals surface area contributed by atoms with Crippen molar-refractivity contribution in [3.8, 4) is 5.69 Å². The van der Waals surface area contributed by atoms with Crippen molar-refractivity contribution in [2.24, 2.45) is 5.14 Å². The lowest BCUT2D eigenvalue weighted by molar-refractivity contribution is -0.119. The number of rotatable bonds is 6. The molecular weight excluding hydrogens is 412 g/mol. The number of nitrogens with zero attached hydrogens (tertiary/aromatic N) is 2. The molecule has 0 radical (unpaired) electrons. The highest BCUT2D eigenvalue weighted by atomic mass is 32.2. The number of furan rings is 1. The van der Waals surface area contributed by atoms with Crippen LogP contribution in [0.15, 0.2) is 45.9 Å². The number of nitrogens with one attached hydrogen (secondary N) is 1. The fourth-order valence-electron chi connectivity index (χ4n) is 2.72. The monoisotopic (exact) mass is 432 g/mol. The number of hydrogen-bond acceptors (Lipinski definition) is 7. The summed E-state index contributed by atoms with van der Waals surface area (Å²) in [4.78, 5) is 24.2. The molecule has 11 heteroatoms. The first-order chi connectivity index (χ1) is 14.1. The number of ether oxygens (including phenoxy) is 1. The summed E-state index contributed by atoms with van der Waals surface area (Å²) in [6.07, 6.45) is 0. The van der Waals surface area contributed by atoms with Crippen LogP contribution in [0.1, 0.15) is 27.5 Å². The SMILES string of the molecule is Cc1ccc(-n2nc(C)c(NC(=O)COC(=O)c3ccc(S(N)(=O)=O)o3)c2C)cc1. The van der Waals surface area contributed by atoms with Gasteiger partial charge in [-0.1, -0.05) is 17.7 Å². The first-order valence-corrected chi connectivity index (χ1v) is 10.3. The summed E-state index contributed by atoms with van der Waals surface area (Å²) < 4.78 is 33.8. The fraction of sp³-hybridized carbons (Fsp3) is 0.211. The second kappa shape index (κ2) is 8.13. The van der Waals surface area contributed by atoms with Crippen LogP contribution in [0.4, 0.5) is 5.69 Å². The third-order valence-corrected chi connectivity index (χ3v) is 5.01. The van der Waals surface area contributed by atoms with Gasteiger partial charge in [-0.2, -0.15) is 5.10 Å². The summed E-state index contributed by atoms with van der Waals surface area (Å²) in [5.74, 6) is -1.97. The van der Waals surface area contributed by atoms with E-state index >= 15 is 0 Å². The van der Waals surface area contributed by atoms with Crippen LogP contribution < -0.4 is 10.5 Å². The maximum Gasteiger partial charge on any atom is 0.374 e. The van der Waals surface area contributed by atoms with Gasteiger partial charge in [0.05, 0.1) is 22.8 Å². The summed E-state index contributed by atoms with van der Waals surface area (Å²) in [5.41, 5.74) is 3.77. The molecule has 0 atom stereocenters. The number of anilines is 1. The molecule has 2 heterocycles. The number of aromatic nitrogens is 2. The molecule has 0 aliphatic heterocycles. The fourth-order valence-corrected chi connectivity index (χ4v) is 3.19. The molecule has 3 N–H and O–H groups in total. The highest BCUT2D eigenvalue weighted by Gasteiger charge is 2.20. The molecule has 0 unspecified atom stereocenters. The van der Waals surface area contributed by atoms with Crippen molar-refractivity contribution < 1.29 is 27.2 Å². The van der Waals surface area contributed by atoms with E-state index in [-0.39, 0.29) is 5.76 Å². The number of amides is 1. The number of carbonyl (C=O) groups is 2. The quantitative estimate of drug-likeness (QED) is 0.565. The summed E-state index contributed by atoms with van der Waals surface area (Å²) >= 11 is 0. The molecule has 0 bridgehead atoms. The van der Waals surface area contributed by atoms with Crippen LogP contribution in [-0.2, 0) is 19.6 Å². The molecular formula is C19H20N4O6S. The molecule has 0 aliphatic carbocycles. The van der Waals surface area contributed by atoms with Crippen molar-refractivity contribution in [2.45, 2.75) is 25.9 Å². The van der Waals surface area contributed by atoms with Gasteiger partial charge in [0.1, 0.15) is 0 Å². The Morgan fingerprint density at radius 3 is 2.40 bits per heavy atom. The summed E-state index contributed by atoms with van der Waals surface area (Å²) in [7, 11) is -4.08. The van der Waals surface area contributed by atoms with Crippen molar-refractivity contribution >= 4 is 27.6 Å². The van der Waals surface area contributed by atoms with Crippen LogP contribution in [-0.4, -0.2) is 36.7 Å². The van der Waals surface area contributed by atoms with E-state index in [1.165, 1.54) is 0 Å². The van der Waals surface area contributed by atoms with E-state index in [0.29, 0.717) is 17.1 Å². The number of benzene rings is 1. The lowest BCUT2D eigenvalue weighted by Crippen LogP contribution is -2.21. The van der Waals surface area contributed by atoms with Crippen molar-refractivity contribution in [3.05, 3.63) is 59.1 Å².